The summed E-state index contributed by atoms with van der Waals surface area (Å²) in [5.41, 5.74) is -0.311. The topological polar surface area (TPSA) is 50.7 Å². The van der Waals surface area contributed by atoms with Gasteiger partial charge in [-0.15, -0.1) is 0 Å². The summed E-state index contributed by atoms with van der Waals surface area (Å²) in [5, 5.41) is 12.5. The van der Waals surface area contributed by atoms with Crippen LogP contribution in [0.4, 0.5) is 0 Å². The number of likely N-dealkylation sites (N-methyl/N-ethyl adjacent to an activating group) is 1. The zero-order valence-electron chi connectivity index (χ0n) is 9.79. The van der Waals surface area contributed by atoms with E-state index in [-0.39, 0.29) is 12.1 Å². The molecule has 1 aliphatic heterocycles. The van der Waals surface area contributed by atoms with Crippen LogP contribution in [0, 0.1) is 5.92 Å². The van der Waals surface area contributed by atoms with Crippen LogP contribution in [0.3, 0.4) is 0 Å². The highest BCUT2D eigenvalue weighted by molar-refractivity contribution is 4.81. The second kappa shape index (κ2) is 6.43. The van der Waals surface area contributed by atoms with Crippen LogP contribution in [0.1, 0.15) is 20.3 Å². The molecule has 0 aromatic carbocycles. The zero-order chi connectivity index (χ0) is 11.1. The molecule has 2 atom stereocenters. The highest BCUT2D eigenvalue weighted by Crippen LogP contribution is 2.13. The van der Waals surface area contributed by atoms with Gasteiger partial charge in [0, 0.05) is 12.5 Å². The van der Waals surface area contributed by atoms with Crippen molar-refractivity contribution in [1.29, 1.82) is 0 Å². The lowest BCUT2D eigenvalue weighted by Crippen LogP contribution is -2.49. The maximum Gasteiger partial charge on any atom is 0.0668 e. The lowest BCUT2D eigenvalue weighted by atomic mass is 10.1. The molecule has 1 aliphatic rings. The van der Waals surface area contributed by atoms with E-state index >= 15 is 0 Å². The Morgan fingerprint density at radius 3 is 2.93 bits per heavy atom. The van der Waals surface area contributed by atoms with Crippen LogP contribution in [0.5, 0.6) is 0 Å². The SMILES string of the molecule is CCNC(C)(CO)COCC1CCOC1. The van der Waals surface area contributed by atoms with Gasteiger partial charge in [0.25, 0.3) is 0 Å². The highest BCUT2D eigenvalue weighted by Gasteiger charge is 2.23. The van der Waals surface area contributed by atoms with Crippen LogP contribution in [0.2, 0.25) is 0 Å². The minimum atomic E-state index is -0.311. The minimum absolute atomic E-state index is 0.0992. The molecule has 15 heavy (non-hydrogen) atoms. The molecule has 1 rings (SSSR count). The monoisotopic (exact) mass is 217 g/mol. The molecule has 0 amide bonds. The van der Waals surface area contributed by atoms with Crippen LogP contribution in [0.25, 0.3) is 0 Å². The average molecular weight is 217 g/mol. The van der Waals surface area contributed by atoms with Gasteiger partial charge in [-0.1, -0.05) is 6.92 Å². The van der Waals surface area contributed by atoms with Gasteiger partial charge in [-0.3, -0.25) is 0 Å². The molecule has 1 saturated heterocycles. The molecule has 4 heteroatoms. The molecular formula is C11H23NO3. The summed E-state index contributed by atoms with van der Waals surface area (Å²) in [4.78, 5) is 0. The number of aliphatic hydroxyl groups excluding tert-OH is 1. The van der Waals surface area contributed by atoms with E-state index in [1.54, 1.807) is 0 Å². The van der Waals surface area contributed by atoms with Gasteiger partial charge < -0.3 is 19.9 Å². The summed E-state index contributed by atoms with van der Waals surface area (Å²) in [7, 11) is 0. The van der Waals surface area contributed by atoms with Crippen molar-refractivity contribution in [2.75, 3.05) is 39.6 Å². The highest BCUT2D eigenvalue weighted by atomic mass is 16.5. The van der Waals surface area contributed by atoms with Crippen LogP contribution >= 0.6 is 0 Å². The molecule has 1 fully saturated rings. The Morgan fingerprint density at radius 2 is 2.40 bits per heavy atom. The first kappa shape index (κ1) is 12.9. The maximum absolute atomic E-state index is 9.24. The lowest BCUT2D eigenvalue weighted by molar-refractivity contribution is 0.0264. The smallest absolute Gasteiger partial charge is 0.0668 e. The van der Waals surface area contributed by atoms with E-state index in [9.17, 15) is 5.11 Å². The Morgan fingerprint density at radius 1 is 1.60 bits per heavy atom. The molecule has 90 valence electrons. The first-order chi connectivity index (χ1) is 7.20. The van der Waals surface area contributed by atoms with E-state index in [0.29, 0.717) is 12.5 Å². The molecule has 2 N–H and O–H groups in total. The van der Waals surface area contributed by atoms with Crippen LogP contribution < -0.4 is 5.32 Å². The second-order valence-electron chi connectivity index (χ2n) is 4.49. The average Bonchev–Trinajstić information content (AvgIpc) is 2.71. The number of ether oxygens (including phenoxy) is 2. The van der Waals surface area contributed by atoms with Crippen molar-refractivity contribution in [3.8, 4) is 0 Å². The van der Waals surface area contributed by atoms with Gasteiger partial charge in [-0.05, 0) is 19.9 Å². The molecule has 4 nitrogen and oxygen atoms in total. The number of nitrogens with one attached hydrogen (secondary N) is 1. The first-order valence-electron chi connectivity index (χ1n) is 5.71. The standard InChI is InChI=1S/C11H23NO3/c1-3-12-11(2,8-13)9-15-7-10-4-5-14-6-10/h10,12-13H,3-9H2,1-2H3. The van der Waals surface area contributed by atoms with Gasteiger partial charge in [0.2, 0.25) is 0 Å². The van der Waals surface area contributed by atoms with Gasteiger partial charge >= 0.3 is 0 Å². The van der Waals surface area contributed by atoms with E-state index in [4.69, 9.17) is 9.47 Å². The summed E-state index contributed by atoms with van der Waals surface area (Å²) in [6, 6.07) is 0. The minimum Gasteiger partial charge on any atom is -0.394 e. The summed E-state index contributed by atoms with van der Waals surface area (Å²) in [5.74, 6) is 0.537. The summed E-state index contributed by atoms with van der Waals surface area (Å²) in [6.07, 6.45) is 1.09. The van der Waals surface area contributed by atoms with E-state index in [1.807, 2.05) is 13.8 Å². The summed E-state index contributed by atoms with van der Waals surface area (Å²) in [6.45, 7) is 7.90. The summed E-state index contributed by atoms with van der Waals surface area (Å²) < 4.78 is 10.9. The van der Waals surface area contributed by atoms with E-state index < -0.39 is 0 Å². The third kappa shape index (κ3) is 4.47. The predicted octanol–water partition coefficient (Wildman–Crippen LogP) is 0.400. The Balaban J connectivity index is 2.15. The summed E-state index contributed by atoms with van der Waals surface area (Å²) >= 11 is 0. The van der Waals surface area contributed by atoms with E-state index in [2.05, 4.69) is 5.32 Å². The van der Waals surface area contributed by atoms with Gasteiger partial charge in [0.15, 0.2) is 0 Å². The Hall–Kier alpha value is -0.160. The Bertz CT molecular complexity index is 171. The normalized spacial score (nSPS) is 25.4. The fourth-order valence-electron chi connectivity index (χ4n) is 1.74. The second-order valence-corrected chi connectivity index (χ2v) is 4.49. The molecule has 0 saturated carbocycles. The van der Waals surface area contributed by atoms with Gasteiger partial charge in [0.05, 0.1) is 32.0 Å². The molecule has 0 aromatic rings. The molecule has 1 heterocycles. The van der Waals surface area contributed by atoms with Crippen molar-refractivity contribution in [2.45, 2.75) is 25.8 Å². The molecule has 0 aromatic heterocycles. The van der Waals surface area contributed by atoms with E-state index in [1.165, 1.54) is 0 Å². The van der Waals surface area contributed by atoms with Crippen molar-refractivity contribution >= 4 is 0 Å². The fourth-order valence-corrected chi connectivity index (χ4v) is 1.74. The predicted molar refractivity (Wildman–Crippen MR) is 58.9 cm³/mol. The van der Waals surface area contributed by atoms with Crippen molar-refractivity contribution in [1.82, 2.24) is 5.32 Å². The third-order valence-electron chi connectivity index (χ3n) is 2.75. The van der Waals surface area contributed by atoms with Gasteiger partial charge in [0.1, 0.15) is 0 Å². The van der Waals surface area contributed by atoms with Crippen LogP contribution in [-0.4, -0.2) is 50.2 Å². The molecule has 0 spiro atoms. The number of aliphatic hydroxyl groups is 1. The van der Waals surface area contributed by atoms with Crippen molar-refractivity contribution < 1.29 is 14.6 Å². The lowest BCUT2D eigenvalue weighted by Gasteiger charge is -2.28. The third-order valence-corrected chi connectivity index (χ3v) is 2.75. The van der Waals surface area contributed by atoms with Crippen molar-refractivity contribution in [3.63, 3.8) is 0 Å². The Kier molecular flexibility index (Phi) is 5.53. The number of hydrogen-bond acceptors (Lipinski definition) is 4. The molecule has 0 aliphatic carbocycles. The fraction of sp³-hybridized carbons (Fsp3) is 1.00. The molecular weight excluding hydrogens is 194 g/mol. The molecule has 0 bridgehead atoms. The molecule has 0 radical (unpaired) electrons. The van der Waals surface area contributed by atoms with Crippen LogP contribution in [0.15, 0.2) is 0 Å². The quantitative estimate of drug-likeness (QED) is 0.648. The largest absolute Gasteiger partial charge is 0.394 e. The maximum atomic E-state index is 9.24. The zero-order valence-corrected chi connectivity index (χ0v) is 9.79. The van der Waals surface area contributed by atoms with E-state index in [0.717, 1.165) is 32.8 Å². The van der Waals surface area contributed by atoms with Crippen molar-refractivity contribution in [3.05, 3.63) is 0 Å². The first-order valence-corrected chi connectivity index (χ1v) is 5.71. The number of hydrogen-bond donors (Lipinski definition) is 2. The van der Waals surface area contributed by atoms with Crippen molar-refractivity contribution in [2.24, 2.45) is 5.92 Å². The number of rotatable bonds is 7. The Labute approximate surface area is 92.0 Å². The van der Waals surface area contributed by atoms with Gasteiger partial charge in [-0.25, -0.2) is 0 Å². The molecule has 2 unspecified atom stereocenters. The van der Waals surface area contributed by atoms with Gasteiger partial charge in [-0.2, -0.15) is 0 Å². The van der Waals surface area contributed by atoms with Crippen LogP contribution in [-0.2, 0) is 9.47 Å².